The summed E-state index contributed by atoms with van der Waals surface area (Å²) < 4.78 is 41.8. The molecule has 1 unspecified atom stereocenters. The van der Waals surface area contributed by atoms with Gasteiger partial charge in [-0.2, -0.15) is 9.40 Å². The van der Waals surface area contributed by atoms with Crippen LogP contribution in [0.4, 0.5) is 4.39 Å². The zero-order valence-electron chi connectivity index (χ0n) is 15.0. The van der Waals surface area contributed by atoms with E-state index in [-0.39, 0.29) is 23.4 Å². The number of carbonyl (C=O) groups is 1. The highest BCUT2D eigenvalue weighted by molar-refractivity contribution is 7.89. The van der Waals surface area contributed by atoms with Gasteiger partial charge in [-0.1, -0.05) is 6.07 Å². The van der Waals surface area contributed by atoms with Crippen molar-refractivity contribution < 1.29 is 17.6 Å². The third kappa shape index (κ3) is 4.51. The van der Waals surface area contributed by atoms with Crippen LogP contribution in [-0.2, 0) is 21.4 Å². The van der Waals surface area contributed by atoms with E-state index in [1.165, 1.54) is 46.9 Å². The lowest BCUT2D eigenvalue weighted by Gasteiger charge is -2.26. The quantitative estimate of drug-likeness (QED) is 0.757. The van der Waals surface area contributed by atoms with Gasteiger partial charge in [0.15, 0.2) is 0 Å². The van der Waals surface area contributed by atoms with Gasteiger partial charge in [-0.3, -0.25) is 4.79 Å². The maximum atomic E-state index is 13.4. The first-order valence-electron chi connectivity index (χ1n) is 8.72. The number of likely N-dealkylation sites (tertiary alicyclic amines) is 1. The molecule has 1 amide bonds. The summed E-state index contributed by atoms with van der Waals surface area (Å²) >= 11 is 0. The molecule has 146 valence electrons. The fourth-order valence-electron chi connectivity index (χ4n) is 3.23. The number of hydrogen-bond donors (Lipinski definition) is 0. The molecule has 0 saturated carbocycles. The second-order valence-electron chi connectivity index (χ2n) is 6.54. The minimum Gasteiger partial charge on any atom is -0.341 e. The summed E-state index contributed by atoms with van der Waals surface area (Å²) in [7, 11) is -2.28. The number of benzene rings is 1. The molecule has 1 aliphatic rings. The van der Waals surface area contributed by atoms with Crippen LogP contribution in [0.25, 0.3) is 0 Å². The molecule has 10 heteroatoms. The number of hydrogen-bond acceptors (Lipinski definition) is 5. The highest BCUT2D eigenvalue weighted by Crippen LogP contribution is 2.23. The minimum absolute atomic E-state index is 0.0617. The number of sulfonamides is 1. The van der Waals surface area contributed by atoms with Gasteiger partial charge >= 0.3 is 0 Å². The summed E-state index contributed by atoms with van der Waals surface area (Å²) in [5.74, 6) is -0.660. The van der Waals surface area contributed by atoms with E-state index in [2.05, 4.69) is 10.1 Å². The van der Waals surface area contributed by atoms with Crippen LogP contribution in [0.5, 0.6) is 0 Å². The largest absolute Gasteiger partial charge is 0.341 e. The van der Waals surface area contributed by atoms with Crippen molar-refractivity contribution in [3.63, 3.8) is 0 Å². The third-order valence-corrected chi connectivity index (χ3v) is 6.71. The van der Waals surface area contributed by atoms with Gasteiger partial charge in [0.1, 0.15) is 25.0 Å². The molecule has 8 nitrogen and oxygen atoms in total. The predicted octanol–water partition coefficient (Wildman–Crippen LogP) is 1.12. The second kappa shape index (κ2) is 8.13. The van der Waals surface area contributed by atoms with Crippen molar-refractivity contribution in [1.82, 2.24) is 24.0 Å². The molecule has 3 rings (SSSR count). The van der Waals surface area contributed by atoms with E-state index < -0.39 is 15.8 Å². The maximum Gasteiger partial charge on any atom is 0.244 e. The SMILES string of the molecule is CN(C1CCCN(C(=O)Cn2cncn2)CC1)S(=O)(=O)c1cccc(F)c1. The number of carbonyl (C=O) groups excluding carboxylic acids is 1. The van der Waals surface area contributed by atoms with Crippen LogP contribution in [0.15, 0.2) is 41.8 Å². The number of aromatic nitrogens is 3. The average Bonchev–Trinajstić information content (AvgIpc) is 3.02. The number of halogens is 1. The van der Waals surface area contributed by atoms with Crippen LogP contribution in [0.3, 0.4) is 0 Å². The van der Waals surface area contributed by atoms with Crippen LogP contribution in [0.2, 0.25) is 0 Å². The van der Waals surface area contributed by atoms with E-state index in [0.717, 1.165) is 6.07 Å². The molecule has 1 fully saturated rings. The molecule has 2 aromatic rings. The number of rotatable bonds is 5. The van der Waals surface area contributed by atoms with E-state index in [9.17, 15) is 17.6 Å². The monoisotopic (exact) mass is 395 g/mol. The molecule has 1 aromatic carbocycles. The van der Waals surface area contributed by atoms with E-state index in [1.807, 2.05) is 0 Å². The predicted molar refractivity (Wildman–Crippen MR) is 95.6 cm³/mol. The molecular formula is C17H22FN5O3S. The van der Waals surface area contributed by atoms with Crippen LogP contribution >= 0.6 is 0 Å². The lowest BCUT2D eigenvalue weighted by molar-refractivity contribution is -0.132. The fraction of sp³-hybridized carbons (Fsp3) is 0.471. The first-order valence-corrected chi connectivity index (χ1v) is 10.2. The molecule has 1 saturated heterocycles. The van der Waals surface area contributed by atoms with Crippen LogP contribution in [0.1, 0.15) is 19.3 Å². The Bertz CT molecular complexity index is 888. The summed E-state index contributed by atoms with van der Waals surface area (Å²) in [4.78, 5) is 17.9. The van der Waals surface area contributed by atoms with Gasteiger partial charge in [-0.15, -0.1) is 0 Å². The minimum atomic E-state index is -3.79. The smallest absolute Gasteiger partial charge is 0.244 e. The maximum absolute atomic E-state index is 13.4. The second-order valence-corrected chi connectivity index (χ2v) is 8.53. The molecule has 0 spiro atoms. The van der Waals surface area contributed by atoms with Gasteiger partial charge in [0.2, 0.25) is 15.9 Å². The van der Waals surface area contributed by atoms with Gasteiger partial charge in [0, 0.05) is 26.2 Å². The number of nitrogens with zero attached hydrogens (tertiary/aromatic N) is 5. The normalized spacial score (nSPS) is 18.5. The molecule has 0 N–H and O–H groups in total. The van der Waals surface area contributed by atoms with Gasteiger partial charge in [-0.25, -0.2) is 22.5 Å². The lowest BCUT2D eigenvalue weighted by atomic mass is 10.1. The Morgan fingerprint density at radius 2 is 2.15 bits per heavy atom. The van der Waals surface area contributed by atoms with Crippen molar-refractivity contribution in [1.29, 1.82) is 0 Å². The van der Waals surface area contributed by atoms with Gasteiger partial charge in [0.25, 0.3) is 0 Å². The van der Waals surface area contributed by atoms with Crippen molar-refractivity contribution in [3.8, 4) is 0 Å². The first-order chi connectivity index (χ1) is 12.9. The topological polar surface area (TPSA) is 88.4 Å². The summed E-state index contributed by atoms with van der Waals surface area (Å²) in [6, 6.07) is 4.76. The first kappa shape index (κ1) is 19.4. The van der Waals surface area contributed by atoms with Gasteiger partial charge in [-0.05, 0) is 37.5 Å². The number of amides is 1. The summed E-state index contributed by atoms with van der Waals surface area (Å²) in [5.41, 5.74) is 0. The van der Waals surface area contributed by atoms with Gasteiger partial charge in [0.05, 0.1) is 4.90 Å². The van der Waals surface area contributed by atoms with Crippen molar-refractivity contribution in [3.05, 3.63) is 42.7 Å². The standard InChI is InChI=1S/C17H22FN5O3S/c1-21(27(25,26)16-6-2-4-14(18)10-16)15-5-3-8-22(9-7-15)17(24)11-23-13-19-12-20-23/h2,4,6,10,12-13,15H,3,5,7-9,11H2,1H3. The van der Waals surface area contributed by atoms with Crippen LogP contribution in [-0.4, -0.2) is 64.5 Å². The molecular weight excluding hydrogens is 373 g/mol. The zero-order chi connectivity index (χ0) is 19.4. The summed E-state index contributed by atoms with van der Waals surface area (Å²) in [5, 5.41) is 3.93. The van der Waals surface area contributed by atoms with Crippen LogP contribution in [0, 0.1) is 5.82 Å². The van der Waals surface area contributed by atoms with Crippen molar-refractivity contribution in [2.24, 2.45) is 0 Å². The van der Waals surface area contributed by atoms with E-state index in [4.69, 9.17) is 0 Å². The molecule has 1 aliphatic heterocycles. The Morgan fingerprint density at radius 1 is 1.33 bits per heavy atom. The molecule has 0 bridgehead atoms. The lowest BCUT2D eigenvalue weighted by Crippen LogP contribution is -2.39. The molecule has 0 aliphatic carbocycles. The Hall–Kier alpha value is -2.33. The highest BCUT2D eigenvalue weighted by Gasteiger charge is 2.30. The Kier molecular flexibility index (Phi) is 5.85. The highest BCUT2D eigenvalue weighted by atomic mass is 32.2. The van der Waals surface area contributed by atoms with E-state index >= 15 is 0 Å². The molecule has 27 heavy (non-hydrogen) atoms. The van der Waals surface area contributed by atoms with Crippen molar-refractivity contribution in [2.45, 2.75) is 36.7 Å². The van der Waals surface area contributed by atoms with E-state index in [1.54, 1.807) is 4.90 Å². The van der Waals surface area contributed by atoms with Crippen molar-refractivity contribution >= 4 is 15.9 Å². The Labute approximate surface area is 157 Å². The summed E-state index contributed by atoms with van der Waals surface area (Å²) in [6.07, 6.45) is 4.71. The summed E-state index contributed by atoms with van der Waals surface area (Å²) in [6.45, 7) is 1.14. The third-order valence-electron chi connectivity index (χ3n) is 4.80. The van der Waals surface area contributed by atoms with Crippen LogP contribution < -0.4 is 0 Å². The average molecular weight is 395 g/mol. The fourth-order valence-corrected chi connectivity index (χ4v) is 4.68. The van der Waals surface area contributed by atoms with E-state index in [0.29, 0.717) is 32.4 Å². The molecule has 1 atom stereocenters. The Morgan fingerprint density at radius 3 is 2.85 bits per heavy atom. The molecule has 2 heterocycles. The molecule has 0 radical (unpaired) electrons. The van der Waals surface area contributed by atoms with Crippen molar-refractivity contribution in [2.75, 3.05) is 20.1 Å². The molecule has 1 aromatic heterocycles. The van der Waals surface area contributed by atoms with Gasteiger partial charge < -0.3 is 4.90 Å². The Balaban J connectivity index is 1.65. The zero-order valence-corrected chi connectivity index (χ0v) is 15.8.